The Balaban J connectivity index is 1.59. The zero-order valence-corrected chi connectivity index (χ0v) is 14.7. The summed E-state index contributed by atoms with van der Waals surface area (Å²) in [5.74, 6) is 5.15. The fourth-order valence-electron chi connectivity index (χ4n) is 5.80. The van der Waals surface area contributed by atoms with Crippen molar-refractivity contribution in [1.29, 1.82) is 0 Å². The Hall–Kier alpha value is -0.0400. The highest BCUT2D eigenvalue weighted by atomic mass is 14.9. The van der Waals surface area contributed by atoms with Crippen molar-refractivity contribution in [2.45, 2.75) is 78.6 Å². The van der Waals surface area contributed by atoms with E-state index in [1.54, 1.807) is 0 Å². The molecule has 3 aliphatic rings. The maximum Gasteiger partial charge on any atom is -0.00151 e. The molecule has 0 amide bonds. The second-order valence-corrected chi connectivity index (χ2v) is 9.34. The van der Waals surface area contributed by atoms with E-state index in [0.717, 1.165) is 29.6 Å². The lowest BCUT2D eigenvalue weighted by Crippen LogP contribution is -2.44. The molecule has 0 aromatic carbocycles. The average molecular weight is 292 g/mol. The van der Waals surface area contributed by atoms with E-state index in [1.807, 2.05) is 0 Å². The molecule has 2 atom stereocenters. The Bertz CT molecular complexity index is 315. The van der Waals surface area contributed by atoms with Gasteiger partial charge in [-0.15, -0.1) is 0 Å². The first-order valence-electron chi connectivity index (χ1n) is 9.76. The molecule has 0 spiro atoms. The van der Waals surface area contributed by atoms with Gasteiger partial charge in [0, 0.05) is 0 Å². The van der Waals surface area contributed by atoms with Crippen molar-refractivity contribution in [2.75, 3.05) is 13.1 Å². The number of hydrogen-bond acceptors (Lipinski definition) is 1. The molecule has 1 heteroatoms. The minimum Gasteiger partial charge on any atom is -0.316 e. The Labute approximate surface area is 132 Å². The highest BCUT2D eigenvalue weighted by Crippen LogP contribution is 2.47. The predicted octanol–water partition coefficient (Wildman–Crippen LogP) is 5.25. The van der Waals surface area contributed by atoms with Crippen LogP contribution >= 0.6 is 0 Å². The molecule has 0 aromatic heterocycles. The lowest BCUT2D eigenvalue weighted by molar-refractivity contribution is 0.0642. The van der Waals surface area contributed by atoms with E-state index in [-0.39, 0.29) is 0 Å². The van der Waals surface area contributed by atoms with Crippen molar-refractivity contribution in [3.63, 3.8) is 0 Å². The van der Waals surface area contributed by atoms with E-state index in [0.29, 0.717) is 5.41 Å². The maximum atomic E-state index is 3.71. The molecule has 1 N–H and O–H groups in total. The van der Waals surface area contributed by atoms with Gasteiger partial charge >= 0.3 is 0 Å². The summed E-state index contributed by atoms with van der Waals surface area (Å²) in [4.78, 5) is 0. The van der Waals surface area contributed by atoms with Crippen LogP contribution in [0, 0.1) is 35.0 Å². The maximum absolute atomic E-state index is 3.71. The van der Waals surface area contributed by atoms with Gasteiger partial charge in [-0.05, 0) is 80.2 Å². The molecule has 0 aromatic rings. The van der Waals surface area contributed by atoms with E-state index in [9.17, 15) is 0 Å². The topological polar surface area (TPSA) is 12.0 Å². The molecule has 1 nitrogen and oxygen atoms in total. The molecule has 122 valence electrons. The summed E-state index contributed by atoms with van der Waals surface area (Å²) in [6.07, 6.45) is 13.6. The van der Waals surface area contributed by atoms with Gasteiger partial charge in [0.25, 0.3) is 0 Å². The third kappa shape index (κ3) is 3.66. The van der Waals surface area contributed by atoms with Crippen LogP contribution in [0.2, 0.25) is 0 Å². The minimum atomic E-state index is 0.532. The highest BCUT2D eigenvalue weighted by molar-refractivity contribution is 4.91. The predicted molar refractivity (Wildman–Crippen MR) is 91.3 cm³/mol. The van der Waals surface area contributed by atoms with Gasteiger partial charge in [0.15, 0.2) is 0 Å². The van der Waals surface area contributed by atoms with Crippen LogP contribution in [-0.2, 0) is 0 Å². The fourth-order valence-corrected chi connectivity index (χ4v) is 5.80. The average Bonchev–Trinajstić information content (AvgIpc) is 3.01. The van der Waals surface area contributed by atoms with E-state index in [2.05, 4.69) is 26.1 Å². The first kappa shape index (κ1) is 15.8. The Morgan fingerprint density at radius 2 is 1.33 bits per heavy atom. The molecule has 1 saturated heterocycles. The van der Waals surface area contributed by atoms with Crippen LogP contribution in [0.4, 0.5) is 0 Å². The first-order valence-corrected chi connectivity index (χ1v) is 9.76. The van der Waals surface area contributed by atoms with E-state index < -0.39 is 0 Å². The van der Waals surface area contributed by atoms with Crippen LogP contribution in [0.25, 0.3) is 0 Å². The van der Waals surface area contributed by atoms with Gasteiger partial charge in [0.1, 0.15) is 0 Å². The van der Waals surface area contributed by atoms with Crippen molar-refractivity contribution < 1.29 is 0 Å². The number of nitrogens with one attached hydrogen (secondary N) is 1. The van der Waals surface area contributed by atoms with E-state index in [1.165, 1.54) is 70.9 Å². The fraction of sp³-hybridized carbons (Fsp3) is 1.00. The standard InChI is InChI=1S/C20H37N/c1-20(2,3)17-10-8-16(9-11-17)18-12-13-21-14-19(18)15-6-4-5-7-15/h15-19,21H,4-14H2,1-3H3. The summed E-state index contributed by atoms with van der Waals surface area (Å²) in [6.45, 7) is 9.96. The molecule has 0 radical (unpaired) electrons. The van der Waals surface area contributed by atoms with Crippen LogP contribution in [0.3, 0.4) is 0 Å². The zero-order valence-electron chi connectivity index (χ0n) is 14.7. The van der Waals surface area contributed by atoms with Gasteiger partial charge in [-0.25, -0.2) is 0 Å². The number of piperidine rings is 1. The van der Waals surface area contributed by atoms with Gasteiger partial charge in [-0.1, -0.05) is 46.5 Å². The monoisotopic (exact) mass is 291 g/mol. The summed E-state index contributed by atoms with van der Waals surface area (Å²) in [5.41, 5.74) is 0.532. The number of rotatable bonds is 2. The molecule has 2 saturated carbocycles. The molecule has 3 fully saturated rings. The van der Waals surface area contributed by atoms with Crippen molar-refractivity contribution >= 4 is 0 Å². The van der Waals surface area contributed by atoms with E-state index >= 15 is 0 Å². The normalized spacial score (nSPS) is 39.6. The van der Waals surface area contributed by atoms with Crippen LogP contribution in [0.5, 0.6) is 0 Å². The summed E-state index contributed by atoms with van der Waals surface area (Å²) in [5, 5.41) is 3.71. The van der Waals surface area contributed by atoms with Gasteiger partial charge in [-0.2, -0.15) is 0 Å². The van der Waals surface area contributed by atoms with Gasteiger partial charge in [0.05, 0.1) is 0 Å². The quantitative estimate of drug-likeness (QED) is 0.732. The lowest BCUT2D eigenvalue weighted by Gasteiger charge is -2.45. The van der Waals surface area contributed by atoms with Crippen LogP contribution in [0.15, 0.2) is 0 Å². The van der Waals surface area contributed by atoms with Crippen molar-refractivity contribution in [1.82, 2.24) is 5.32 Å². The molecular formula is C20H37N. The molecular weight excluding hydrogens is 254 g/mol. The lowest BCUT2D eigenvalue weighted by atomic mass is 9.63. The second-order valence-electron chi connectivity index (χ2n) is 9.34. The molecule has 21 heavy (non-hydrogen) atoms. The SMILES string of the molecule is CC(C)(C)C1CCC(C2CCNCC2C2CCCC2)CC1. The Morgan fingerprint density at radius 1 is 0.714 bits per heavy atom. The second kappa shape index (κ2) is 6.60. The Kier molecular flexibility index (Phi) is 4.98. The molecule has 1 heterocycles. The number of hydrogen-bond donors (Lipinski definition) is 1. The molecule has 2 aliphatic carbocycles. The van der Waals surface area contributed by atoms with Crippen LogP contribution in [-0.4, -0.2) is 13.1 Å². The third-order valence-corrected chi connectivity index (χ3v) is 7.19. The van der Waals surface area contributed by atoms with E-state index in [4.69, 9.17) is 0 Å². The van der Waals surface area contributed by atoms with Crippen molar-refractivity contribution in [3.05, 3.63) is 0 Å². The molecule has 0 bridgehead atoms. The minimum absolute atomic E-state index is 0.532. The van der Waals surface area contributed by atoms with Crippen molar-refractivity contribution in [2.24, 2.45) is 35.0 Å². The Morgan fingerprint density at radius 3 is 1.95 bits per heavy atom. The van der Waals surface area contributed by atoms with Crippen LogP contribution < -0.4 is 5.32 Å². The van der Waals surface area contributed by atoms with Gasteiger partial charge in [-0.3, -0.25) is 0 Å². The summed E-state index contributed by atoms with van der Waals surface area (Å²) < 4.78 is 0. The summed E-state index contributed by atoms with van der Waals surface area (Å²) in [7, 11) is 0. The van der Waals surface area contributed by atoms with Crippen LogP contribution in [0.1, 0.15) is 78.6 Å². The van der Waals surface area contributed by atoms with Gasteiger partial charge in [0.2, 0.25) is 0 Å². The molecule has 2 unspecified atom stereocenters. The largest absolute Gasteiger partial charge is 0.316 e. The smallest absolute Gasteiger partial charge is 0.00151 e. The van der Waals surface area contributed by atoms with Gasteiger partial charge < -0.3 is 5.32 Å². The van der Waals surface area contributed by atoms with Crippen molar-refractivity contribution in [3.8, 4) is 0 Å². The molecule has 3 rings (SSSR count). The zero-order chi connectivity index (χ0) is 14.9. The summed E-state index contributed by atoms with van der Waals surface area (Å²) in [6, 6.07) is 0. The third-order valence-electron chi connectivity index (χ3n) is 7.19. The highest BCUT2D eigenvalue weighted by Gasteiger charge is 2.39. The first-order chi connectivity index (χ1) is 10.1. The summed E-state index contributed by atoms with van der Waals surface area (Å²) >= 11 is 0. The molecule has 1 aliphatic heterocycles.